The summed E-state index contributed by atoms with van der Waals surface area (Å²) in [5, 5.41) is 3.57. The van der Waals surface area contributed by atoms with Gasteiger partial charge in [0.15, 0.2) is 0 Å². The van der Waals surface area contributed by atoms with Crippen LogP contribution in [-0.2, 0) is 11.2 Å². The summed E-state index contributed by atoms with van der Waals surface area (Å²) in [6.45, 7) is 5.59. The molecule has 21 heavy (non-hydrogen) atoms. The quantitative estimate of drug-likeness (QED) is 0.871. The van der Waals surface area contributed by atoms with E-state index >= 15 is 0 Å². The highest BCUT2D eigenvalue weighted by Gasteiger charge is 2.21. The van der Waals surface area contributed by atoms with E-state index in [9.17, 15) is 0 Å². The van der Waals surface area contributed by atoms with E-state index in [4.69, 9.17) is 4.74 Å². The molecule has 3 rings (SSSR count). The van der Waals surface area contributed by atoms with Crippen molar-refractivity contribution in [2.75, 3.05) is 32.8 Å². The molecule has 2 aliphatic rings. The van der Waals surface area contributed by atoms with Crippen molar-refractivity contribution in [3.63, 3.8) is 0 Å². The molecule has 1 aromatic carbocycles. The fourth-order valence-corrected chi connectivity index (χ4v) is 3.48. The largest absolute Gasteiger partial charge is 0.362 e. The summed E-state index contributed by atoms with van der Waals surface area (Å²) >= 11 is 0. The third kappa shape index (κ3) is 4.80. The van der Waals surface area contributed by atoms with Crippen molar-refractivity contribution < 1.29 is 4.74 Å². The van der Waals surface area contributed by atoms with E-state index in [0.717, 1.165) is 32.0 Å². The summed E-state index contributed by atoms with van der Waals surface area (Å²) in [7, 11) is 0. The Balaban J connectivity index is 1.31. The van der Waals surface area contributed by atoms with E-state index in [1.54, 1.807) is 0 Å². The molecule has 0 aliphatic carbocycles. The predicted molar refractivity (Wildman–Crippen MR) is 86.3 cm³/mol. The summed E-state index contributed by atoms with van der Waals surface area (Å²) in [6.07, 6.45) is 6.62. The molecule has 2 fully saturated rings. The molecular formula is C18H28N2O. The standard InChI is InChI=1S/C18H28N2O/c1-2-6-16(7-3-1)14-17-8-9-18(19-15-17)21-13-12-20-10-4-5-11-20/h1-3,6-7,17-19H,4-5,8-15H2. The number of ether oxygens (including phenoxy) is 1. The molecule has 1 aromatic rings. The SMILES string of the molecule is c1ccc(CC2CCC(OCCN3CCCC3)NC2)cc1. The van der Waals surface area contributed by atoms with Crippen molar-refractivity contribution >= 4 is 0 Å². The van der Waals surface area contributed by atoms with Gasteiger partial charge in [-0.1, -0.05) is 30.3 Å². The normalized spacial score (nSPS) is 27.0. The summed E-state index contributed by atoms with van der Waals surface area (Å²) < 4.78 is 5.99. The van der Waals surface area contributed by atoms with Gasteiger partial charge in [-0.05, 0) is 56.7 Å². The van der Waals surface area contributed by atoms with Crippen LogP contribution >= 0.6 is 0 Å². The number of hydrogen-bond donors (Lipinski definition) is 1. The average molecular weight is 288 g/mol. The van der Waals surface area contributed by atoms with Crippen LogP contribution < -0.4 is 5.32 Å². The van der Waals surface area contributed by atoms with E-state index in [0.29, 0.717) is 0 Å². The average Bonchev–Trinajstić information content (AvgIpc) is 3.03. The molecule has 0 amide bonds. The molecule has 0 radical (unpaired) electrons. The Labute approximate surface area is 128 Å². The first-order valence-corrected chi connectivity index (χ1v) is 8.51. The minimum atomic E-state index is 0.277. The monoisotopic (exact) mass is 288 g/mol. The molecular weight excluding hydrogens is 260 g/mol. The van der Waals surface area contributed by atoms with Gasteiger partial charge in [0.05, 0.1) is 6.61 Å². The Morgan fingerprint density at radius 2 is 1.90 bits per heavy atom. The van der Waals surface area contributed by atoms with E-state index in [1.165, 1.54) is 44.3 Å². The summed E-state index contributed by atoms with van der Waals surface area (Å²) in [6, 6.07) is 10.8. The fraction of sp³-hybridized carbons (Fsp3) is 0.667. The Hall–Kier alpha value is -0.900. The van der Waals surface area contributed by atoms with Gasteiger partial charge < -0.3 is 9.64 Å². The number of piperidine rings is 1. The van der Waals surface area contributed by atoms with Crippen LogP contribution in [0.3, 0.4) is 0 Å². The van der Waals surface area contributed by atoms with Crippen LogP contribution in [0.5, 0.6) is 0 Å². The van der Waals surface area contributed by atoms with Crippen LogP contribution in [0.1, 0.15) is 31.2 Å². The number of rotatable bonds is 6. The third-order valence-corrected chi connectivity index (χ3v) is 4.76. The molecule has 1 N–H and O–H groups in total. The molecule has 3 heteroatoms. The Morgan fingerprint density at radius 1 is 1.10 bits per heavy atom. The highest BCUT2D eigenvalue weighted by atomic mass is 16.5. The minimum Gasteiger partial charge on any atom is -0.362 e. The maximum Gasteiger partial charge on any atom is 0.108 e. The molecule has 0 aromatic heterocycles. The van der Waals surface area contributed by atoms with Gasteiger partial charge in [-0.3, -0.25) is 5.32 Å². The van der Waals surface area contributed by atoms with E-state index in [2.05, 4.69) is 40.5 Å². The third-order valence-electron chi connectivity index (χ3n) is 4.76. The summed E-state index contributed by atoms with van der Waals surface area (Å²) in [4.78, 5) is 2.51. The second-order valence-corrected chi connectivity index (χ2v) is 6.45. The zero-order valence-corrected chi connectivity index (χ0v) is 13.0. The minimum absolute atomic E-state index is 0.277. The zero-order valence-electron chi connectivity index (χ0n) is 13.0. The van der Waals surface area contributed by atoms with Crippen LogP contribution in [0.15, 0.2) is 30.3 Å². The van der Waals surface area contributed by atoms with Crippen LogP contribution in [0.2, 0.25) is 0 Å². The van der Waals surface area contributed by atoms with Gasteiger partial charge in [-0.15, -0.1) is 0 Å². The lowest BCUT2D eigenvalue weighted by Gasteiger charge is -2.30. The number of likely N-dealkylation sites (tertiary alicyclic amines) is 1. The first kappa shape index (κ1) is 15.0. The van der Waals surface area contributed by atoms with Crippen molar-refractivity contribution in [1.82, 2.24) is 10.2 Å². The number of benzene rings is 1. The first-order valence-electron chi connectivity index (χ1n) is 8.51. The van der Waals surface area contributed by atoms with Crippen LogP contribution in [0.25, 0.3) is 0 Å². The smallest absolute Gasteiger partial charge is 0.108 e. The highest BCUT2D eigenvalue weighted by molar-refractivity contribution is 5.15. The number of nitrogens with one attached hydrogen (secondary N) is 1. The van der Waals surface area contributed by atoms with Gasteiger partial charge in [0.1, 0.15) is 6.23 Å². The molecule has 0 spiro atoms. The van der Waals surface area contributed by atoms with Crippen LogP contribution in [-0.4, -0.2) is 43.9 Å². The van der Waals surface area contributed by atoms with Gasteiger partial charge >= 0.3 is 0 Å². The summed E-state index contributed by atoms with van der Waals surface area (Å²) in [5.74, 6) is 0.755. The Morgan fingerprint density at radius 3 is 2.62 bits per heavy atom. The van der Waals surface area contributed by atoms with Crippen molar-refractivity contribution in [1.29, 1.82) is 0 Å². The van der Waals surface area contributed by atoms with Gasteiger partial charge in [-0.25, -0.2) is 0 Å². The molecule has 2 atom stereocenters. The van der Waals surface area contributed by atoms with Crippen molar-refractivity contribution in [2.24, 2.45) is 5.92 Å². The highest BCUT2D eigenvalue weighted by Crippen LogP contribution is 2.19. The molecule has 116 valence electrons. The molecule has 2 unspecified atom stereocenters. The molecule has 0 bridgehead atoms. The first-order chi connectivity index (χ1) is 10.4. The van der Waals surface area contributed by atoms with Crippen LogP contribution in [0.4, 0.5) is 0 Å². The van der Waals surface area contributed by atoms with Crippen molar-refractivity contribution in [3.05, 3.63) is 35.9 Å². The van der Waals surface area contributed by atoms with Crippen molar-refractivity contribution in [3.8, 4) is 0 Å². The number of hydrogen-bond acceptors (Lipinski definition) is 3. The Kier molecular flexibility index (Phi) is 5.67. The van der Waals surface area contributed by atoms with E-state index < -0.39 is 0 Å². The van der Waals surface area contributed by atoms with Crippen molar-refractivity contribution in [2.45, 2.75) is 38.3 Å². The molecule has 2 heterocycles. The molecule has 2 saturated heterocycles. The molecule has 2 aliphatic heterocycles. The molecule has 0 saturated carbocycles. The van der Waals surface area contributed by atoms with Gasteiger partial charge in [0.25, 0.3) is 0 Å². The van der Waals surface area contributed by atoms with Gasteiger partial charge in [-0.2, -0.15) is 0 Å². The predicted octanol–water partition coefficient (Wildman–Crippen LogP) is 2.67. The van der Waals surface area contributed by atoms with Gasteiger partial charge in [0, 0.05) is 13.1 Å². The lowest BCUT2D eigenvalue weighted by molar-refractivity contribution is -0.00475. The topological polar surface area (TPSA) is 24.5 Å². The van der Waals surface area contributed by atoms with Crippen LogP contribution in [0, 0.1) is 5.92 Å². The summed E-state index contributed by atoms with van der Waals surface area (Å²) in [5.41, 5.74) is 1.46. The lowest BCUT2D eigenvalue weighted by Crippen LogP contribution is -2.42. The van der Waals surface area contributed by atoms with E-state index in [-0.39, 0.29) is 6.23 Å². The lowest BCUT2D eigenvalue weighted by atomic mass is 9.92. The maximum absolute atomic E-state index is 5.99. The zero-order chi connectivity index (χ0) is 14.3. The molecule has 3 nitrogen and oxygen atoms in total. The Bertz CT molecular complexity index is 395. The second kappa shape index (κ2) is 7.92. The van der Waals surface area contributed by atoms with Gasteiger partial charge in [0.2, 0.25) is 0 Å². The fourth-order valence-electron chi connectivity index (χ4n) is 3.48. The number of nitrogens with zero attached hydrogens (tertiary/aromatic N) is 1. The second-order valence-electron chi connectivity index (χ2n) is 6.45. The van der Waals surface area contributed by atoms with E-state index in [1.807, 2.05) is 0 Å². The maximum atomic E-state index is 5.99.